The van der Waals surface area contributed by atoms with Crippen LogP contribution in [0.25, 0.3) is 0 Å². The first-order chi connectivity index (χ1) is 31.0. The first-order valence-electron chi connectivity index (χ1n) is 25.4. The van der Waals surface area contributed by atoms with E-state index in [0.717, 1.165) is 122 Å². The van der Waals surface area contributed by atoms with Gasteiger partial charge in [-0.05, 0) is 116 Å². The van der Waals surface area contributed by atoms with E-state index in [1.165, 1.54) is 44.9 Å². The first kappa shape index (κ1) is 59.1. The quantitative estimate of drug-likeness (QED) is 0.0263. The van der Waals surface area contributed by atoms with Crippen LogP contribution in [-0.4, -0.2) is 37.2 Å². The highest BCUT2D eigenvalue weighted by atomic mass is 16.6. The second-order valence-electron chi connectivity index (χ2n) is 16.3. The maximum atomic E-state index is 12.8. The van der Waals surface area contributed by atoms with Crippen molar-refractivity contribution in [3.8, 4) is 0 Å². The fraction of sp³-hybridized carbons (Fsp3) is 0.632. The molecule has 0 saturated heterocycles. The van der Waals surface area contributed by atoms with Crippen LogP contribution in [0.15, 0.2) is 109 Å². The molecule has 0 aliphatic heterocycles. The number of unbranched alkanes of at least 4 members (excludes halogenated alkanes) is 15. The van der Waals surface area contributed by atoms with Crippen LogP contribution >= 0.6 is 0 Å². The number of rotatable bonds is 44. The van der Waals surface area contributed by atoms with Gasteiger partial charge in [-0.15, -0.1) is 0 Å². The van der Waals surface area contributed by atoms with Gasteiger partial charge in [0.2, 0.25) is 0 Å². The zero-order chi connectivity index (χ0) is 45.8. The lowest BCUT2D eigenvalue weighted by molar-refractivity contribution is -0.167. The average molecular weight is 873 g/mol. The maximum Gasteiger partial charge on any atom is 0.306 e. The molecular weight excluding hydrogens is 781 g/mol. The number of carbonyl (C=O) groups is 3. The number of hydrogen-bond donors (Lipinski definition) is 0. The Labute approximate surface area is 387 Å². The van der Waals surface area contributed by atoms with E-state index in [1.807, 2.05) is 0 Å². The Bertz CT molecular complexity index is 1330. The topological polar surface area (TPSA) is 78.9 Å². The van der Waals surface area contributed by atoms with Crippen LogP contribution in [-0.2, 0) is 28.6 Å². The van der Waals surface area contributed by atoms with Crippen molar-refractivity contribution in [3.05, 3.63) is 109 Å². The van der Waals surface area contributed by atoms with Crippen LogP contribution < -0.4 is 0 Å². The van der Waals surface area contributed by atoms with Crippen molar-refractivity contribution in [1.29, 1.82) is 0 Å². The van der Waals surface area contributed by atoms with Crippen LogP contribution in [0.4, 0.5) is 0 Å². The molecule has 0 amide bonds. The minimum atomic E-state index is -0.820. The molecule has 6 nitrogen and oxygen atoms in total. The SMILES string of the molecule is CC/C=C\C/C=C\C/C=C\C/C=C\C/C=C\CCCC(=O)OCC(COC(=O)CCCCC/C=C\CCCCCCCCC)OC(=O)CCCCCC/C=C\C/C=C\C/C=C\CC. The standard InChI is InChI=1S/C57H92O6/c1-4-7-10-13-16-19-22-25-28-29-30-33-35-38-41-44-47-50-56(59)62-53-54(63-57(60)51-48-45-42-39-36-32-27-24-21-18-15-12-9-6-3)52-61-55(58)49-46-43-40-37-34-31-26-23-20-17-14-11-8-5-2/h7,9-10,12,16,18-19,21,25,27-28,30-34,38,41,54H,4-6,8,11,13-15,17,20,22-24,26,29,35-37,39-40,42-53H2,1-3H3/b10-7-,12-9-,19-16-,21-18-,28-25-,32-27-,33-30-,34-31-,41-38-. The fourth-order valence-electron chi connectivity index (χ4n) is 6.48. The molecule has 0 bridgehead atoms. The van der Waals surface area contributed by atoms with Crippen molar-refractivity contribution in [2.75, 3.05) is 13.2 Å². The molecule has 0 aromatic carbocycles. The lowest BCUT2D eigenvalue weighted by Gasteiger charge is -2.18. The number of esters is 3. The number of carbonyl (C=O) groups excluding carboxylic acids is 3. The molecule has 0 aliphatic carbocycles. The van der Waals surface area contributed by atoms with E-state index in [0.29, 0.717) is 12.8 Å². The molecule has 0 saturated carbocycles. The van der Waals surface area contributed by atoms with E-state index in [9.17, 15) is 14.4 Å². The van der Waals surface area contributed by atoms with Gasteiger partial charge in [0.1, 0.15) is 13.2 Å². The van der Waals surface area contributed by atoms with Gasteiger partial charge in [-0.1, -0.05) is 188 Å². The smallest absolute Gasteiger partial charge is 0.306 e. The Morgan fingerprint density at radius 3 is 1.06 bits per heavy atom. The molecule has 0 aliphatic rings. The molecule has 63 heavy (non-hydrogen) atoms. The van der Waals surface area contributed by atoms with Gasteiger partial charge in [-0.3, -0.25) is 14.4 Å². The molecule has 0 aromatic rings. The van der Waals surface area contributed by atoms with Gasteiger partial charge in [0.05, 0.1) is 0 Å². The van der Waals surface area contributed by atoms with Gasteiger partial charge in [0.15, 0.2) is 6.10 Å². The minimum Gasteiger partial charge on any atom is -0.462 e. The monoisotopic (exact) mass is 873 g/mol. The third kappa shape index (κ3) is 49.0. The molecule has 0 radical (unpaired) electrons. The Hall–Kier alpha value is -3.93. The first-order valence-corrected chi connectivity index (χ1v) is 25.4. The van der Waals surface area contributed by atoms with Crippen molar-refractivity contribution in [2.45, 2.75) is 219 Å². The second kappa shape index (κ2) is 50.7. The minimum absolute atomic E-state index is 0.115. The average Bonchev–Trinajstić information content (AvgIpc) is 3.28. The molecule has 0 fully saturated rings. The molecule has 0 N–H and O–H groups in total. The molecule has 1 unspecified atom stereocenters. The molecule has 356 valence electrons. The van der Waals surface area contributed by atoms with Crippen molar-refractivity contribution in [3.63, 3.8) is 0 Å². The molecule has 1 atom stereocenters. The fourth-order valence-corrected chi connectivity index (χ4v) is 6.48. The normalized spacial score (nSPS) is 13.0. The van der Waals surface area contributed by atoms with E-state index in [1.54, 1.807) is 0 Å². The molecular formula is C57H92O6. The highest BCUT2D eigenvalue weighted by Crippen LogP contribution is 2.12. The maximum absolute atomic E-state index is 12.8. The summed E-state index contributed by atoms with van der Waals surface area (Å²) in [7, 11) is 0. The summed E-state index contributed by atoms with van der Waals surface area (Å²) in [4.78, 5) is 37.9. The predicted octanol–water partition coefficient (Wildman–Crippen LogP) is 16.8. The van der Waals surface area contributed by atoms with Crippen molar-refractivity contribution >= 4 is 17.9 Å². The second-order valence-corrected chi connectivity index (χ2v) is 16.3. The van der Waals surface area contributed by atoms with E-state index in [-0.39, 0.29) is 44.0 Å². The summed E-state index contributed by atoms with van der Waals surface area (Å²) >= 11 is 0. The van der Waals surface area contributed by atoms with E-state index in [2.05, 4.69) is 130 Å². The predicted molar refractivity (Wildman–Crippen MR) is 270 cm³/mol. The zero-order valence-corrected chi connectivity index (χ0v) is 40.5. The number of ether oxygens (including phenoxy) is 3. The van der Waals surface area contributed by atoms with E-state index in [4.69, 9.17) is 14.2 Å². The summed E-state index contributed by atoms with van der Waals surface area (Å²) in [5.41, 5.74) is 0. The van der Waals surface area contributed by atoms with Gasteiger partial charge >= 0.3 is 17.9 Å². The lowest BCUT2D eigenvalue weighted by atomic mass is 10.1. The largest absolute Gasteiger partial charge is 0.462 e. The van der Waals surface area contributed by atoms with E-state index >= 15 is 0 Å². The van der Waals surface area contributed by atoms with Crippen LogP contribution in [0.5, 0.6) is 0 Å². The highest BCUT2D eigenvalue weighted by Gasteiger charge is 2.19. The molecule has 0 rings (SSSR count). The van der Waals surface area contributed by atoms with Crippen LogP contribution in [0.3, 0.4) is 0 Å². The van der Waals surface area contributed by atoms with Gasteiger partial charge in [0, 0.05) is 19.3 Å². The Morgan fingerprint density at radius 1 is 0.333 bits per heavy atom. The summed E-state index contributed by atoms with van der Waals surface area (Å²) in [6.45, 7) is 6.31. The summed E-state index contributed by atoms with van der Waals surface area (Å²) in [5, 5.41) is 0. The molecule has 0 spiro atoms. The van der Waals surface area contributed by atoms with Gasteiger partial charge in [0.25, 0.3) is 0 Å². The van der Waals surface area contributed by atoms with Gasteiger partial charge < -0.3 is 14.2 Å². The van der Waals surface area contributed by atoms with Crippen LogP contribution in [0.2, 0.25) is 0 Å². The lowest BCUT2D eigenvalue weighted by Crippen LogP contribution is -2.30. The summed E-state index contributed by atoms with van der Waals surface area (Å²) in [5.74, 6) is -1.02. The van der Waals surface area contributed by atoms with Crippen molar-refractivity contribution in [1.82, 2.24) is 0 Å². The Morgan fingerprint density at radius 2 is 0.635 bits per heavy atom. The number of hydrogen-bond acceptors (Lipinski definition) is 6. The highest BCUT2D eigenvalue weighted by molar-refractivity contribution is 5.71. The van der Waals surface area contributed by atoms with Crippen molar-refractivity contribution in [2.24, 2.45) is 0 Å². The molecule has 0 aromatic heterocycles. The number of allylic oxidation sites excluding steroid dienone is 18. The van der Waals surface area contributed by atoms with Crippen LogP contribution in [0.1, 0.15) is 213 Å². The Balaban J connectivity index is 4.55. The third-order valence-corrected chi connectivity index (χ3v) is 10.2. The zero-order valence-electron chi connectivity index (χ0n) is 40.5. The van der Waals surface area contributed by atoms with Gasteiger partial charge in [-0.25, -0.2) is 0 Å². The Kier molecular flexibility index (Phi) is 47.5. The molecule has 6 heteroatoms. The van der Waals surface area contributed by atoms with Gasteiger partial charge in [-0.2, -0.15) is 0 Å². The third-order valence-electron chi connectivity index (χ3n) is 10.2. The summed E-state index contributed by atoms with van der Waals surface area (Å²) in [6, 6.07) is 0. The van der Waals surface area contributed by atoms with Crippen LogP contribution in [0, 0.1) is 0 Å². The van der Waals surface area contributed by atoms with Crippen molar-refractivity contribution < 1.29 is 28.6 Å². The summed E-state index contributed by atoms with van der Waals surface area (Å²) in [6.07, 6.45) is 67.9. The summed E-state index contributed by atoms with van der Waals surface area (Å²) < 4.78 is 16.7. The van der Waals surface area contributed by atoms with E-state index < -0.39 is 6.10 Å². The molecule has 0 heterocycles.